The molecule has 1 fully saturated rings. The third-order valence-corrected chi connectivity index (χ3v) is 3.91. The van der Waals surface area contributed by atoms with E-state index in [1.807, 2.05) is 34.0 Å². The van der Waals surface area contributed by atoms with Crippen LogP contribution in [-0.2, 0) is 18.3 Å². The minimum atomic E-state index is -0.475. The van der Waals surface area contributed by atoms with Crippen LogP contribution in [0.3, 0.4) is 0 Å². The number of amides is 1. The number of rotatable bonds is 4. The van der Waals surface area contributed by atoms with Crippen LogP contribution in [0.5, 0.6) is 0 Å². The summed E-state index contributed by atoms with van der Waals surface area (Å²) in [7, 11) is 1.86. The summed E-state index contributed by atoms with van der Waals surface area (Å²) < 4.78 is 7.09. The summed E-state index contributed by atoms with van der Waals surface area (Å²) in [5, 5.41) is 14.6. The van der Waals surface area contributed by atoms with E-state index in [-0.39, 0.29) is 18.2 Å². The molecule has 1 aliphatic rings. The van der Waals surface area contributed by atoms with Crippen molar-refractivity contribution in [1.29, 1.82) is 0 Å². The lowest BCUT2D eigenvalue weighted by atomic mass is 10.0. The molecule has 0 bridgehead atoms. The number of nitrogens with zero attached hydrogens (tertiary/aromatic N) is 3. The number of ether oxygens (including phenoxy) is 1. The Morgan fingerprint density at radius 3 is 2.61 bits per heavy atom. The molecule has 0 spiro atoms. The van der Waals surface area contributed by atoms with E-state index in [4.69, 9.17) is 4.74 Å². The zero-order valence-corrected chi connectivity index (χ0v) is 14.6. The maximum Gasteiger partial charge on any atom is 0.407 e. The van der Waals surface area contributed by atoms with Crippen LogP contribution in [0.1, 0.15) is 58.6 Å². The second-order valence-corrected chi connectivity index (χ2v) is 7.26. The van der Waals surface area contributed by atoms with Crippen LogP contribution in [0.15, 0.2) is 6.20 Å². The average molecular weight is 323 g/mol. The van der Waals surface area contributed by atoms with Gasteiger partial charge in [-0.05, 0) is 33.6 Å². The van der Waals surface area contributed by atoms with Crippen LogP contribution in [0.25, 0.3) is 0 Å². The first kappa shape index (κ1) is 17.7. The van der Waals surface area contributed by atoms with Crippen molar-refractivity contribution in [2.45, 2.75) is 77.1 Å². The summed E-state index contributed by atoms with van der Waals surface area (Å²) in [6.45, 7) is 6.29. The lowest BCUT2D eigenvalue weighted by Gasteiger charge is -2.28. The number of alkyl carbamates (subject to hydrolysis) is 1. The van der Waals surface area contributed by atoms with Crippen molar-refractivity contribution in [3.8, 4) is 0 Å². The standard InChI is InChI=1S/C16H29N5O2/c1-16(2,3)23-15(22)18-14-9-7-5-6-8-13(14)17-10-12-11-21(4)20-19-12/h11,13-14,17H,5-10H2,1-4H3,(H,18,22). The summed E-state index contributed by atoms with van der Waals surface area (Å²) >= 11 is 0. The summed E-state index contributed by atoms with van der Waals surface area (Å²) in [5.74, 6) is 0. The summed E-state index contributed by atoms with van der Waals surface area (Å²) in [4.78, 5) is 12.1. The first-order chi connectivity index (χ1) is 10.8. The minimum absolute atomic E-state index is 0.0871. The second-order valence-electron chi connectivity index (χ2n) is 7.26. The number of hydrogen-bond donors (Lipinski definition) is 2. The molecule has 0 aromatic carbocycles. The molecule has 2 atom stereocenters. The third kappa shape index (κ3) is 6.17. The Morgan fingerprint density at radius 2 is 2.00 bits per heavy atom. The number of hydrogen-bond acceptors (Lipinski definition) is 5. The molecule has 1 aromatic heterocycles. The molecule has 130 valence electrons. The number of aryl methyl sites for hydroxylation is 1. The van der Waals surface area contributed by atoms with E-state index in [1.165, 1.54) is 12.8 Å². The van der Waals surface area contributed by atoms with Gasteiger partial charge < -0.3 is 15.4 Å². The highest BCUT2D eigenvalue weighted by atomic mass is 16.6. The van der Waals surface area contributed by atoms with E-state index in [0.29, 0.717) is 6.54 Å². The van der Waals surface area contributed by atoms with Gasteiger partial charge in [0.2, 0.25) is 0 Å². The summed E-state index contributed by atoms with van der Waals surface area (Å²) in [6, 6.07) is 0.316. The van der Waals surface area contributed by atoms with Gasteiger partial charge >= 0.3 is 6.09 Å². The molecular weight excluding hydrogens is 294 g/mol. The first-order valence-corrected chi connectivity index (χ1v) is 8.41. The van der Waals surface area contributed by atoms with Crippen LogP contribution in [0, 0.1) is 0 Å². The normalized spacial score (nSPS) is 22.4. The average Bonchev–Trinajstić information content (AvgIpc) is 2.72. The highest BCUT2D eigenvalue weighted by Gasteiger charge is 2.27. The van der Waals surface area contributed by atoms with Gasteiger partial charge in [-0.3, -0.25) is 4.68 Å². The van der Waals surface area contributed by atoms with Crippen LogP contribution in [-0.4, -0.2) is 38.8 Å². The molecule has 2 rings (SSSR count). The van der Waals surface area contributed by atoms with E-state index in [9.17, 15) is 4.79 Å². The zero-order valence-electron chi connectivity index (χ0n) is 14.6. The molecule has 1 aliphatic carbocycles. The highest BCUT2D eigenvalue weighted by Crippen LogP contribution is 2.19. The Balaban J connectivity index is 1.91. The Morgan fingerprint density at radius 1 is 1.30 bits per heavy atom. The van der Waals surface area contributed by atoms with E-state index < -0.39 is 5.60 Å². The lowest BCUT2D eigenvalue weighted by molar-refractivity contribution is 0.0489. The van der Waals surface area contributed by atoms with Gasteiger partial charge in [0.15, 0.2) is 0 Å². The Labute approximate surface area is 138 Å². The fourth-order valence-corrected chi connectivity index (χ4v) is 2.90. The molecule has 1 heterocycles. The molecule has 0 radical (unpaired) electrons. The Kier molecular flexibility index (Phi) is 5.98. The Bertz CT molecular complexity index is 509. The van der Waals surface area contributed by atoms with Crippen molar-refractivity contribution in [2.24, 2.45) is 7.05 Å². The number of aromatic nitrogens is 3. The quantitative estimate of drug-likeness (QED) is 0.830. The third-order valence-electron chi connectivity index (χ3n) is 3.91. The van der Waals surface area contributed by atoms with Gasteiger partial charge in [0, 0.05) is 31.9 Å². The number of carbonyl (C=O) groups excluding carboxylic acids is 1. The first-order valence-electron chi connectivity index (χ1n) is 8.41. The molecule has 0 aliphatic heterocycles. The molecule has 1 amide bonds. The molecule has 1 aromatic rings. The monoisotopic (exact) mass is 323 g/mol. The van der Waals surface area contributed by atoms with E-state index >= 15 is 0 Å². The SMILES string of the molecule is Cn1cc(CNC2CCCCCC2NC(=O)OC(C)(C)C)nn1. The predicted molar refractivity (Wildman–Crippen MR) is 87.9 cm³/mol. The predicted octanol–water partition coefficient (Wildman–Crippen LogP) is 2.13. The van der Waals surface area contributed by atoms with Crippen LogP contribution in [0.4, 0.5) is 4.79 Å². The van der Waals surface area contributed by atoms with Crippen molar-refractivity contribution in [3.05, 3.63) is 11.9 Å². The summed E-state index contributed by atoms with van der Waals surface area (Å²) in [6.07, 6.45) is 7.08. The fourth-order valence-electron chi connectivity index (χ4n) is 2.90. The molecular formula is C16H29N5O2. The van der Waals surface area contributed by atoms with Crippen LogP contribution < -0.4 is 10.6 Å². The van der Waals surface area contributed by atoms with Crippen molar-refractivity contribution in [3.63, 3.8) is 0 Å². The van der Waals surface area contributed by atoms with E-state index in [1.54, 1.807) is 4.68 Å². The van der Waals surface area contributed by atoms with Gasteiger partial charge in [0.1, 0.15) is 5.60 Å². The molecule has 7 heteroatoms. The van der Waals surface area contributed by atoms with Gasteiger partial charge in [-0.1, -0.05) is 24.5 Å². The van der Waals surface area contributed by atoms with Gasteiger partial charge in [0.25, 0.3) is 0 Å². The molecule has 7 nitrogen and oxygen atoms in total. The highest BCUT2D eigenvalue weighted by molar-refractivity contribution is 5.68. The zero-order chi connectivity index (χ0) is 16.9. The smallest absolute Gasteiger partial charge is 0.407 e. The second kappa shape index (κ2) is 7.77. The summed E-state index contributed by atoms with van der Waals surface area (Å²) in [5.41, 5.74) is 0.435. The Hall–Kier alpha value is -1.63. The number of nitrogens with one attached hydrogen (secondary N) is 2. The van der Waals surface area contributed by atoms with Crippen molar-refractivity contribution < 1.29 is 9.53 Å². The molecule has 2 N–H and O–H groups in total. The van der Waals surface area contributed by atoms with Gasteiger partial charge in [-0.15, -0.1) is 5.10 Å². The number of carbonyl (C=O) groups is 1. The fraction of sp³-hybridized carbons (Fsp3) is 0.812. The topological polar surface area (TPSA) is 81.1 Å². The maximum absolute atomic E-state index is 12.1. The molecule has 2 unspecified atom stereocenters. The van der Waals surface area contributed by atoms with Crippen LogP contribution in [0.2, 0.25) is 0 Å². The van der Waals surface area contributed by atoms with Crippen molar-refractivity contribution in [2.75, 3.05) is 0 Å². The van der Waals surface area contributed by atoms with E-state index in [2.05, 4.69) is 20.9 Å². The molecule has 0 saturated heterocycles. The molecule has 23 heavy (non-hydrogen) atoms. The van der Waals surface area contributed by atoms with Crippen molar-refractivity contribution in [1.82, 2.24) is 25.6 Å². The van der Waals surface area contributed by atoms with E-state index in [0.717, 1.165) is 25.0 Å². The molecule has 1 saturated carbocycles. The minimum Gasteiger partial charge on any atom is -0.444 e. The van der Waals surface area contributed by atoms with Gasteiger partial charge in [-0.2, -0.15) is 0 Å². The maximum atomic E-state index is 12.1. The largest absolute Gasteiger partial charge is 0.444 e. The van der Waals surface area contributed by atoms with Gasteiger partial charge in [-0.25, -0.2) is 4.79 Å². The lowest BCUT2D eigenvalue weighted by Crippen LogP contribution is -2.50. The van der Waals surface area contributed by atoms with Crippen molar-refractivity contribution >= 4 is 6.09 Å². The van der Waals surface area contributed by atoms with Gasteiger partial charge in [0.05, 0.1) is 5.69 Å². The van der Waals surface area contributed by atoms with Crippen LogP contribution >= 0.6 is 0 Å².